The first-order valence-corrected chi connectivity index (χ1v) is 9.71. The summed E-state index contributed by atoms with van der Waals surface area (Å²) in [5.74, 6) is 2.24. The number of aromatic nitrogens is 2. The summed E-state index contributed by atoms with van der Waals surface area (Å²) >= 11 is 0. The van der Waals surface area contributed by atoms with Gasteiger partial charge in [-0.15, -0.1) is 12.4 Å². The summed E-state index contributed by atoms with van der Waals surface area (Å²) in [5, 5.41) is 0. The number of imidazole rings is 1. The molecule has 146 valence electrons. The smallest absolute Gasteiger partial charge is 0.225 e. The fourth-order valence-electron chi connectivity index (χ4n) is 4.81. The Hall–Kier alpha value is -1.85. The number of fused-ring (bicyclic) bond motifs is 2. The quantitative estimate of drug-likeness (QED) is 0.840. The zero-order chi connectivity index (χ0) is 18.1. The van der Waals surface area contributed by atoms with Crippen LogP contribution in [0.1, 0.15) is 37.9 Å². The summed E-state index contributed by atoms with van der Waals surface area (Å²) in [5.41, 5.74) is 8.46. The normalized spacial score (nSPS) is 26.9. The molecule has 0 saturated heterocycles. The predicted octanol–water partition coefficient (Wildman–Crippen LogP) is 3.61. The third-order valence-corrected chi connectivity index (χ3v) is 6.24. The van der Waals surface area contributed by atoms with Crippen molar-refractivity contribution >= 4 is 18.3 Å². The second-order valence-corrected chi connectivity index (χ2v) is 8.00. The average molecular weight is 389 g/mol. The number of hydrogen-bond acceptors (Lipinski definition) is 3. The Labute approximate surface area is 167 Å². The summed E-state index contributed by atoms with van der Waals surface area (Å²) in [7, 11) is 1.89. The maximum absolute atomic E-state index is 13.0. The van der Waals surface area contributed by atoms with Crippen LogP contribution in [0.15, 0.2) is 36.5 Å². The van der Waals surface area contributed by atoms with Crippen LogP contribution in [0.5, 0.6) is 0 Å². The second kappa shape index (κ2) is 8.44. The van der Waals surface area contributed by atoms with Gasteiger partial charge in [-0.2, -0.15) is 0 Å². The van der Waals surface area contributed by atoms with Crippen molar-refractivity contribution < 1.29 is 4.79 Å². The van der Waals surface area contributed by atoms with Gasteiger partial charge in [0.15, 0.2) is 0 Å². The predicted molar refractivity (Wildman–Crippen MR) is 109 cm³/mol. The molecule has 1 heterocycles. The van der Waals surface area contributed by atoms with Crippen LogP contribution in [0.25, 0.3) is 11.3 Å². The number of rotatable bonds is 4. The molecule has 1 aromatic heterocycles. The van der Waals surface area contributed by atoms with E-state index in [1.807, 2.05) is 36.3 Å². The highest BCUT2D eigenvalue weighted by molar-refractivity contribution is 5.85. The van der Waals surface area contributed by atoms with Gasteiger partial charge in [0, 0.05) is 19.0 Å². The van der Waals surface area contributed by atoms with Crippen LogP contribution in [-0.4, -0.2) is 33.9 Å². The molecular formula is C21H29ClN4O. The van der Waals surface area contributed by atoms with E-state index in [0.29, 0.717) is 24.4 Å². The van der Waals surface area contributed by atoms with Gasteiger partial charge >= 0.3 is 0 Å². The third-order valence-electron chi connectivity index (χ3n) is 6.24. The molecule has 0 radical (unpaired) electrons. The first-order valence-electron chi connectivity index (χ1n) is 9.71. The van der Waals surface area contributed by atoms with Crippen LogP contribution in [0, 0.1) is 17.8 Å². The fourth-order valence-corrected chi connectivity index (χ4v) is 4.81. The molecule has 1 aromatic carbocycles. The van der Waals surface area contributed by atoms with Crippen molar-refractivity contribution in [2.75, 3.05) is 7.05 Å². The van der Waals surface area contributed by atoms with E-state index in [0.717, 1.165) is 29.9 Å². The first kappa shape index (κ1) is 19.9. The van der Waals surface area contributed by atoms with E-state index >= 15 is 0 Å². The summed E-state index contributed by atoms with van der Waals surface area (Å²) in [4.78, 5) is 22.6. The molecule has 3 N–H and O–H groups in total. The zero-order valence-corrected chi connectivity index (χ0v) is 16.6. The number of hydrogen-bond donors (Lipinski definition) is 2. The van der Waals surface area contributed by atoms with Gasteiger partial charge in [-0.1, -0.05) is 36.8 Å². The Morgan fingerprint density at radius 3 is 2.56 bits per heavy atom. The van der Waals surface area contributed by atoms with Crippen molar-refractivity contribution in [3.8, 4) is 11.3 Å². The van der Waals surface area contributed by atoms with E-state index in [2.05, 4.69) is 22.1 Å². The molecule has 2 atom stereocenters. The molecular weight excluding hydrogens is 360 g/mol. The van der Waals surface area contributed by atoms with Crippen molar-refractivity contribution in [2.45, 2.75) is 44.7 Å². The molecule has 2 aliphatic carbocycles. The summed E-state index contributed by atoms with van der Waals surface area (Å²) in [6.45, 7) is 0.517. The summed E-state index contributed by atoms with van der Waals surface area (Å²) in [6.07, 6.45) is 7.39. The number of aromatic amines is 1. The van der Waals surface area contributed by atoms with E-state index in [1.54, 1.807) is 0 Å². The molecule has 6 heteroatoms. The van der Waals surface area contributed by atoms with Crippen molar-refractivity contribution in [1.29, 1.82) is 0 Å². The van der Waals surface area contributed by atoms with Gasteiger partial charge < -0.3 is 15.6 Å². The Morgan fingerprint density at radius 2 is 1.89 bits per heavy atom. The van der Waals surface area contributed by atoms with Crippen molar-refractivity contribution in [3.05, 3.63) is 42.4 Å². The fraction of sp³-hybridized carbons (Fsp3) is 0.524. The number of H-pyrrole nitrogens is 1. The number of carbonyl (C=O) groups excluding carboxylic acids is 1. The zero-order valence-electron chi connectivity index (χ0n) is 15.8. The lowest BCUT2D eigenvalue weighted by Gasteiger charge is -2.44. The highest BCUT2D eigenvalue weighted by Crippen LogP contribution is 2.42. The molecule has 2 saturated carbocycles. The van der Waals surface area contributed by atoms with E-state index in [9.17, 15) is 4.79 Å². The van der Waals surface area contributed by atoms with Crippen LogP contribution >= 0.6 is 12.4 Å². The minimum Gasteiger partial charge on any atom is -0.341 e. The second-order valence-electron chi connectivity index (χ2n) is 8.00. The molecule has 2 unspecified atom stereocenters. The van der Waals surface area contributed by atoms with Gasteiger partial charge in [0.25, 0.3) is 0 Å². The lowest BCUT2D eigenvalue weighted by molar-refractivity contribution is -0.137. The van der Waals surface area contributed by atoms with Gasteiger partial charge in [0.05, 0.1) is 18.4 Å². The van der Waals surface area contributed by atoms with Crippen molar-refractivity contribution in [3.63, 3.8) is 0 Å². The van der Waals surface area contributed by atoms with E-state index in [-0.39, 0.29) is 24.2 Å². The standard InChI is InChI=1S/C21H28N4O.ClH/c1-25(13-19-23-12-18(24-19)14-6-3-2-4-7-14)21(26)17-10-15-8-5-9-16(11-17)20(15)22;/h2-4,6-7,12,15-17,20H,5,8-11,13,22H2,1H3,(H,23,24);1H. The number of amides is 1. The SMILES string of the molecule is CN(Cc1ncc(-c2ccccc2)[nH]1)C(=O)C1CC2CCCC(C1)C2N.Cl. The molecule has 27 heavy (non-hydrogen) atoms. The number of nitrogens with zero attached hydrogens (tertiary/aromatic N) is 2. The van der Waals surface area contributed by atoms with Gasteiger partial charge in [-0.25, -0.2) is 4.98 Å². The number of benzene rings is 1. The lowest BCUT2D eigenvalue weighted by Crippen LogP contribution is -2.49. The molecule has 2 aromatic rings. The van der Waals surface area contributed by atoms with Crippen LogP contribution in [-0.2, 0) is 11.3 Å². The Kier molecular flexibility index (Phi) is 6.22. The summed E-state index contributed by atoms with van der Waals surface area (Å²) in [6, 6.07) is 10.4. The Morgan fingerprint density at radius 1 is 1.22 bits per heavy atom. The topological polar surface area (TPSA) is 75.0 Å². The van der Waals surface area contributed by atoms with E-state index in [4.69, 9.17) is 5.73 Å². The molecule has 2 aliphatic rings. The molecule has 1 amide bonds. The van der Waals surface area contributed by atoms with Gasteiger partial charge in [-0.3, -0.25) is 4.79 Å². The first-order chi connectivity index (χ1) is 12.6. The highest BCUT2D eigenvalue weighted by atomic mass is 35.5. The molecule has 5 nitrogen and oxygen atoms in total. The molecule has 4 rings (SSSR count). The minimum absolute atomic E-state index is 0. The van der Waals surface area contributed by atoms with Crippen molar-refractivity contribution in [1.82, 2.24) is 14.9 Å². The number of nitrogens with one attached hydrogen (secondary N) is 1. The third kappa shape index (κ3) is 4.19. The molecule has 2 fully saturated rings. The number of carbonyl (C=O) groups is 1. The van der Waals surface area contributed by atoms with Crippen LogP contribution in [0.4, 0.5) is 0 Å². The van der Waals surface area contributed by atoms with E-state index < -0.39 is 0 Å². The van der Waals surface area contributed by atoms with Crippen LogP contribution in [0.2, 0.25) is 0 Å². The maximum atomic E-state index is 13.0. The largest absolute Gasteiger partial charge is 0.341 e. The van der Waals surface area contributed by atoms with Crippen LogP contribution in [0.3, 0.4) is 0 Å². The molecule has 2 bridgehead atoms. The average Bonchev–Trinajstić information content (AvgIpc) is 3.10. The van der Waals surface area contributed by atoms with Crippen molar-refractivity contribution in [2.24, 2.45) is 23.5 Å². The number of nitrogens with two attached hydrogens (primary N) is 1. The maximum Gasteiger partial charge on any atom is 0.225 e. The molecule has 0 aliphatic heterocycles. The van der Waals surface area contributed by atoms with Gasteiger partial charge in [0.1, 0.15) is 5.82 Å². The van der Waals surface area contributed by atoms with Gasteiger partial charge in [0.2, 0.25) is 5.91 Å². The monoisotopic (exact) mass is 388 g/mol. The summed E-state index contributed by atoms with van der Waals surface area (Å²) < 4.78 is 0. The van der Waals surface area contributed by atoms with Crippen LogP contribution < -0.4 is 5.73 Å². The van der Waals surface area contributed by atoms with Gasteiger partial charge in [-0.05, 0) is 43.1 Å². The molecule has 0 spiro atoms. The lowest BCUT2D eigenvalue weighted by atomic mass is 9.65. The highest BCUT2D eigenvalue weighted by Gasteiger charge is 2.41. The van der Waals surface area contributed by atoms with E-state index in [1.165, 1.54) is 19.3 Å². The Balaban J connectivity index is 0.00000210. The number of halogens is 1. The minimum atomic E-state index is 0. The Bertz CT molecular complexity index is 749.